The minimum atomic E-state index is -0.944. The van der Waals surface area contributed by atoms with Gasteiger partial charge in [0.05, 0.1) is 17.1 Å². The van der Waals surface area contributed by atoms with E-state index in [1.807, 2.05) is 49.5 Å². The number of halogens is 1. The van der Waals surface area contributed by atoms with E-state index in [0.29, 0.717) is 35.8 Å². The van der Waals surface area contributed by atoms with Gasteiger partial charge in [0.1, 0.15) is 23.6 Å². The minimum Gasteiger partial charge on any atom is -0.465 e. The van der Waals surface area contributed by atoms with Crippen molar-refractivity contribution >= 4 is 17.2 Å². The zero-order valence-corrected chi connectivity index (χ0v) is 19.4. The SMILES string of the molecule is C[C@H]1C[C@@H](n2cc(-c3ncnc4oc(-c5ccccc5)cc34)c(-c3ccc(F)cc3)n2)CN1C(=O)O. The summed E-state index contributed by atoms with van der Waals surface area (Å²) < 4.78 is 21.5. The minimum absolute atomic E-state index is 0.123. The number of fused-ring (bicyclic) bond motifs is 1. The molecule has 0 bridgehead atoms. The maximum absolute atomic E-state index is 13.7. The van der Waals surface area contributed by atoms with Crippen LogP contribution in [0.3, 0.4) is 0 Å². The summed E-state index contributed by atoms with van der Waals surface area (Å²) in [6.07, 6.45) is 3.03. The molecule has 3 aromatic heterocycles. The van der Waals surface area contributed by atoms with Gasteiger partial charge < -0.3 is 14.4 Å². The number of hydrogen-bond donors (Lipinski definition) is 1. The predicted molar refractivity (Wildman–Crippen MR) is 132 cm³/mol. The number of aromatic nitrogens is 4. The summed E-state index contributed by atoms with van der Waals surface area (Å²) in [5, 5.41) is 15.1. The van der Waals surface area contributed by atoms with E-state index >= 15 is 0 Å². The van der Waals surface area contributed by atoms with Gasteiger partial charge in [-0.3, -0.25) is 4.68 Å². The van der Waals surface area contributed by atoms with Crippen molar-refractivity contribution in [1.82, 2.24) is 24.6 Å². The van der Waals surface area contributed by atoms with E-state index in [1.54, 1.807) is 16.8 Å². The molecule has 9 heteroatoms. The number of nitrogens with zero attached hydrogens (tertiary/aromatic N) is 5. The van der Waals surface area contributed by atoms with Crippen molar-refractivity contribution in [2.24, 2.45) is 0 Å². The van der Waals surface area contributed by atoms with Gasteiger partial charge in [0.15, 0.2) is 0 Å². The molecule has 4 heterocycles. The number of likely N-dealkylation sites (tertiary alicyclic amines) is 1. The van der Waals surface area contributed by atoms with Crippen LogP contribution in [-0.2, 0) is 0 Å². The van der Waals surface area contributed by atoms with E-state index in [9.17, 15) is 14.3 Å². The number of carboxylic acid groups (broad SMARTS) is 1. The summed E-state index contributed by atoms with van der Waals surface area (Å²) in [4.78, 5) is 22.0. The van der Waals surface area contributed by atoms with Crippen molar-refractivity contribution in [3.05, 3.63) is 79.0 Å². The van der Waals surface area contributed by atoms with E-state index in [1.165, 1.54) is 23.4 Å². The summed E-state index contributed by atoms with van der Waals surface area (Å²) in [6, 6.07) is 17.5. The van der Waals surface area contributed by atoms with E-state index in [0.717, 1.165) is 22.1 Å². The van der Waals surface area contributed by atoms with Crippen LogP contribution >= 0.6 is 0 Å². The van der Waals surface area contributed by atoms with Crippen molar-refractivity contribution in [1.29, 1.82) is 0 Å². The molecule has 2 atom stereocenters. The van der Waals surface area contributed by atoms with Crippen molar-refractivity contribution in [2.45, 2.75) is 25.4 Å². The van der Waals surface area contributed by atoms with Crippen molar-refractivity contribution in [2.75, 3.05) is 6.54 Å². The molecule has 1 N–H and O–H groups in total. The van der Waals surface area contributed by atoms with E-state index < -0.39 is 6.09 Å². The standard InChI is InChI=1S/C27H22FN5O3/c1-16-11-20(13-32(16)27(34)35)33-14-22(24(31-33)18-7-9-19(28)10-8-18)25-21-12-23(17-5-3-2-4-6-17)36-26(21)30-15-29-25/h2-10,12,14-16,20H,11,13H2,1H3,(H,34,35)/t16-,20+/m0/s1. The third kappa shape index (κ3) is 3.78. The molecular formula is C27H22FN5O3. The Kier molecular flexibility index (Phi) is 5.25. The number of amides is 1. The first-order valence-electron chi connectivity index (χ1n) is 11.6. The molecule has 36 heavy (non-hydrogen) atoms. The van der Waals surface area contributed by atoms with Crippen LogP contribution in [0.1, 0.15) is 19.4 Å². The van der Waals surface area contributed by atoms with E-state index in [4.69, 9.17) is 9.52 Å². The molecule has 2 aromatic carbocycles. The fourth-order valence-corrected chi connectivity index (χ4v) is 4.85. The monoisotopic (exact) mass is 483 g/mol. The average molecular weight is 484 g/mol. The molecule has 180 valence electrons. The maximum Gasteiger partial charge on any atom is 0.407 e. The Morgan fingerprint density at radius 1 is 1.06 bits per heavy atom. The number of benzene rings is 2. The number of rotatable bonds is 4. The Hall–Kier alpha value is -4.53. The topological polar surface area (TPSA) is 97.3 Å². The van der Waals surface area contributed by atoms with Crippen LogP contribution < -0.4 is 0 Å². The third-order valence-electron chi connectivity index (χ3n) is 6.66. The highest BCUT2D eigenvalue weighted by atomic mass is 19.1. The Morgan fingerprint density at radius 2 is 1.83 bits per heavy atom. The molecule has 0 radical (unpaired) electrons. The van der Waals surface area contributed by atoms with Crippen LogP contribution in [0, 0.1) is 5.82 Å². The lowest BCUT2D eigenvalue weighted by molar-refractivity contribution is 0.142. The fourth-order valence-electron chi connectivity index (χ4n) is 4.85. The van der Waals surface area contributed by atoms with E-state index in [-0.39, 0.29) is 17.9 Å². The number of carbonyl (C=O) groups is 1. The molecule has 0 aliphatic carbocycles. The lowest BCUT2D eigenvalue weighted by Crippen LogP contribution is -2.32. The molecule has 0 saturated carbocycles. The molecule has 1 aliphatic rings. The lowest BCUT2D eigenvalue weighted by Gasteiger charge is -2.16. The Bertz CT molecular complexity index is 1560. The zero-order valence-electron chi connectivity index (χ0n) is 19.4. The second-order valence-corrected chi connectivity index (χ2v) is 8.97. The second kappa shape index (κ2) is 8.60. The van der Waals surface area contributed by atoms with Crippen LogP contribution in [0.15, 0.2) is 77.6 Å². The summed E-state index contributed by atoms with van der Waals surface area (Å²) in [5.41, 5.74) is 4.09. The highest BCUT2D eigenvalue weighted by Gasteiger charge is 2.34. The van der Waals surface area contributed by atoms with Crippen LogP contribution in [0.2, 0.25) is 0 Å². The lowest BCUT2D eigenvalue weighted by atomic mass is 10.0. The van der Waals surface area contributed by atoms with Gasteiger partial charge in [-0.25, -0.2) is 19.2 Å². The summed E-state index contributed by atoms with van der Waals surface area (Å²) >= 11 is 0. The number of hydrogen-bond acceptors (Lipinski definition) is 5. The molecule has 0 unspecified atom stereocenters. The molecule has 5 aromatic rings. The molecule has 1 amide bonds. The fraction of sp³-hybridized carbons (Fsp3) is 0.185. The van der Waals surface area contributed by atoms with Gasteiger partial charge in [0.25, 0.3) is 0 Å². The van der Waals surface area contributed by atoms with Gasteiger partial charge in [-0.1, -0.05) is 30.3 Å². The maximum atomic E-state index is 13.7. The normalized spacial score (nSPS) is 17.7. The van der Waals surface area contributed by atoms with Crippen LogP contribution in [-0.4, -0.2) is 48.4 Å². The summed E-state index contributed by atoms with van der Waals surface area (Å²) in [5.74, 6) is 0.331. The van der Waals surface area contributed by atoms with Gasteiger partial charge in [0.2, 0.25) is 5.71 Å². The Labute approximate surface area is 205 Å². The number of furan rings is 1. The molecule has 6 rings (SSSR count). The van der Waals surface area contributed by atoms with E-state index in [2.05, 4.69) is 9.97 Å². The first-order chi connectivity index (χ1) is 17.5. The molecule has 0 spiro atoms. The quantitative estimate of drug-likeness (QED) is 0.343. The first-order valence-corrected chi connectivity index (χ1v) is 11.6. The molecule has 1 aliphatic heterocycles. The molecular weight excluding hydrogens is 461 g/mol. The van der Waals surface area contributed by atoms with Crippen molar-refractivity contribution in [3.8, 4) is 33.8 Å². The predicted octanol–water partition coefficient (Wildman–Crippen LogP) is 5.87. The smallest absolute Gasteiger partial charge is 0.407 e. The third-order valence-corrected chi connectivity index (χ3v) is 6.66. The molecule has 1 saturated heterocycles. The highest BCUT2D eigenvalue weighted by Crippen LogP contribution is 2.38. The zero-order chi connectivity index (χ0) is 24.8. The van der Waals surface area contributed by atoms with Crippen LogP contribution in [0.4, 0.5) is 9.18 Å². The van der Waals surface area contributed by atoms with Gasteiger partial charge in [-0.2, -0.15) is 5.10 Å². The Morgan fingerprint density at radius 3 is 2.56 bits per heavy atom. The molecule has 1 fully saturated rings. The summed E-state index contributed by atoms with van der Waals surface area (Å²) in [6.45, 7) is 2.23. The highest BCUT2D eigenvalue weighted by molar-refractivity contribution is 5.95. The van der Waals surface area contributed by atoms with Crippen molar-refractivity contribution < 1.29 is 18.7 Å². The van der Waals surface area contributed by atoms with Crippen LogP contribution in [0.25, 0.3) is 44.9 Å². The van der Waals surface area contributed by atoms with Gasteiger partial charge in [-0.05, 0) is 43.7 Å². The molecule has 8 nitrogen and oxygen atoms in total. The second-order valence-electron chi connectivity index (χ2n) is 8.97. The van der Waals surface area contributed by atoms with Crippen LogP contribution in [0.5, 0.6) is 0 Å². The van der Waals surface area contributed by atoms with Gasteiger partial charge in [0, 0.05) is 35.5 Å². The average Bonchev–Trinajstić information content (AvgIpc) is 3.61. The first kappa shape index (κ1) is 22.0. The summed E-state index contributed by atoms with van der Waals surface area (Å²) in [7, 11) is 0. The van der Waals surface area contributed by atoms with Gasteiger partial charge >= 0.3 is 6.09 Å². The largest absolute Gasteiger partial charge is 0.465 e. The van der Waals surface area contributed by atoms with Gasteiger partial charge in [-0.15, -0.1) is 0 Å². The van der Waals surface area contributed by atoms with Crippen molar-refractivity contribution in [3.63, 3.8) is 0 Å². The Balaban J connectivity index is 1.50.